The zero-order valence-corrected chi connectivity index (χ0v) is 10.2. The van der Waals surface area contributed by atoms with Crippen LogP contribution in [0.15, 0.2) is 30.3 Å². The predicted molar refractivity (Wildman–Crippen MR) is 65.5 cm³/mol. The molecule has 2 N–H and O–H groups in total. The third-order valence-corrected chi connectivity index (χ3v) is 3.06. The number of aliphatic hydroxyl groups is 1. The van der Waals surface area contributed by atoms with E-state index < -0.39 is 12.1 Å². The summed E-state index contributed by atoms with van der Waals surface area (Å²) < 4.78 is 0. The topological polar surface area (TPSA) is 69.6 Å². The number of carbonyl (C=O) groups excluding carboxylic acids is 2. The molecule has 5 heteroatoms. The average molecular weight is 248 g/mol. The van der Waals surface area contributed by atoms with Crippen LogP contribution in [0.2, 0.25) is 0 Å². The first kappa shape index (κ1) is 12.6. The van der Waals surface area contributed by atoms with Crippen molar-refractivity contribution in [1.29, 1.82) is 0 Å². The van der Waals surface area contributed by atoms with Crippen LogP contribution < -0.4 is 5.32 Å². The van der Waals surface area contributed by atoms with Crippen LogP contribution in [0.4, 0.5) is 0 Å². The number of hydrogen-bond acceptors (Lipinski definition) is 3. The number of nitrogens with one attached hydrogen (secondary N) is 1. The van der Waals surface area contributed by atoms with E-state index in [9.17, 15) is 14.7 Å². The lowest BCUT2D eigenvalue weighted by molar-refractivity contribution is -0.151. The number of nitrogens with zero attached hydrogens (tertiary/aromatic N) is 1. The predicted octanol–water partition coefficient (Wildman–Crippen LogP) is -0.106. The molecule has 0 saturated carbocycles. The fourth-order valence-corrected chi connectivity index (χ4v) is 2.06. The molecule has 1 aliphatic rings. The molecule has 2 amide bonds. The number of hydrogen-bond donors (Lipinski definition) is 2. The molecule has 1 heterocycles. The molecule has 1 aromatic rings. The Kier molecular flexibility index (Phi) is 3.62. The molecule has 0 aromatic heterocycles. The highest BCUT2D eigenvalue weighted by molar-refractivity contribution is 5.96. The number of piperazine rings is 1. The molecule has 1 aromatic carbocycles. The second kappa shape index (κ2) is 5.18. The van der Waals surface area contributed by atoms with Gasteiger partial charge >= 0.3 is 0 Å². The minimum atomic E-state index is -0.797. The highest BCUT2D eigenvalue weighted by Crippen LogP contribution is 2.14. The maximum Gasteiger partial charge on any atom is 0.245 e. The van der Waals surface area contributed by atoms with Crippen molar-refractivity contribution in [3.05, 3.63) is 35.9 Å². The maximum atomic E-state index is 12.0. The molecule has 2 atom stereocenters. The Morgan fingerprint density at radius 3 is 2.56 bits per heavy atom. The molecular formula is C13H16N2O3. The monoisotopic (exact) mass is 248 g/mol. The van der Waals surface area contributed by atoms with Crippen LogP contribution in [0.3, 0.4) is 0 Å². The van der Waals surface area contributed by atoms with Gasteiger partial charge in [-0.3, -0.25) is 9.59 Å². The lowest BCUT2D eigenvalue weighted by atomic mass is 10.1. The largest absolute Gasteiger partial charge is 0.394 e. The van der Waals surface area contributed by atoms with Crippen LogP contribution in [-0.4, -0.2) is 40.5 Å². The van der Waals surface area contributed by atoms with E-state index in [4.69, 9.17) is 0 Å². The lowest BCUT2D eigenvalue weighted by Gasteiger charge is -2.37. The number of rotatable bonds is 3. The van der Waals surface area contributed by atoms with E-state index >= 15 is 0 Å². The molecule has 96 valence electrons. The fourth-order valence-electron chi connectivity index (χ4n) is 2.06. The summed E-state index contributed by atoms with van der Waals surface area (Å²) in [6.45, 7) is 1.62. The Morgan fingerprint density at radius 1 is 1.28 bits per heavy atom. The van der Waals surface area contributed by atoms with Crippen molar-refractivity contribution in [2.75, 3.05) is 6.61 Å². The fraction of sp³-hybridized carbons (Fsp3) is 0.385. The van der Waals surface area contributed by atoms with Gasteiger partial charge < -0.3 is 15.3 Å². The van der Waals surface area contributed by atoms with E-state index in [0.717, 1.165) is 5.56 Å². The van der Waals surface area contributed by atoms with Gasteiger partial charge in [-0.15, -0.1) is 0 Å². The van der Waals surface area contributed by atoms with Crippen LogP contribution >= 0.6 is 0 Å². The molecule has 1 saturated heterocycles. The second-order valence-electron chi connectivity index (χ2n) is 4.38. The Morgan fingerprint density at radius 2 is 1.94 bits per heavy atom. The number of carbonyl (C=O) groups is 2. The standard InChI is InChI=1S/C13H16N2O3/c1-9-13(18)15(11(8-16)12(17)14-9)7-10-5-3-2-4-6-10/h2-6,9,11,16H,7-8H2,1H3,(H,14,17)/t9-,11+/m0/s1. The number of benzene rings is 1. The molecule has 0 bridgehead atoms. The summed E-state index contributed by atoms with van der Waals surface area (Å²) in [6, 6.07) is 8.08. The van der Waals surface area contributed by atoms with Crippen molar-refractivity contribution >= 4 is 11.8 Å². The van der Waals surface area contributed by atoms with Crippen LogP contribution in [0.25, 0.3) is 0 Å². The first-order valence-electron chi connectivity index (χ1n) is 5.89. The molecular weight excluding hydrogens is 232 g/mol. The van der Waals surface area contributed by atoms with Gasteiger partial charge in [0.15, 0.2) is 0 Å². The molecule has 0 spiro atoms. The van der Waals surface area contributed by atoms with Gasteiger partial charge in [-0.05, 0) is 12.5 Å². The van der Waals surface area contributed by atoms with E-state index in [1.807, 2.05) is 30.3 Å². The minimum Gasteiger partial charge on any atom is -0.394 e. The Balaban J connectivity index is 2.21. The summed E-state index contributed by atoms with van der Waals surface area (Å²) >= 11 is 0. The van der Waals surface area contributed by atoms with Gasteiger partial charge in [-0.2, -0.15) is 0 Å². The normalized spacial score (nSPS) is 24.0. The van der Waals surface area contributed by atoms with Crippen LogP contribution in [0.5, 0.6) is 0 Å². The molecule has 2 rings (SSSR count). The molecule has 18 heavy (non-hydrogen) atoms. The van der Waals surface area contributed by atoms with Gasteiger partial charge in [0.25, 0.3) is 0 Å². The van der Waals surface area contributed by atoms with Crippen molar-refractivity contribution in [3.8, 4) is 0 Å². The Hall–Kier alpha value is -1.88. The second-order valence-corrected chi connectivity index (χ2v) is 4.38. The molecule has 5 nitrogen and oxygen atoms in total. The highest BCUT2D eigenvalue weighted by Gasteiger charge is 2.37. The van der Waals surface area contributed by atoms with Crippen molar-refractivity contribution < 1.29 is 14.7 Å². The van der Waals surface area contributed by atoms with Crippen molar-refractivity contribution in [1.82, 2.24) is 10.2 Å². The smallest absolute Gasteiger partial charge is 0.245 e. The number of amides is 2. The quantitative estimate of drug-likeness (QED) is 0.784. The minimum absolute atomic E-state index is 0.169. The maximum absolute atomic E-state index is 12.0. The first-order valence-corrected chi connectivity index (χ1v) is 5.89. The Bertz CT molecular complexity index is 447. The third kappa shape index (κ3) is 2.36. The van der Waals surface area contributed by atoms with Crippen molar-refractivity contribution in [2.45, 2.75) is 25.6 Å². The first-order chi connectivity index (χ1) is 8.63. The lowest BCUT2D eigenvalue weighted by Crippen LogP contribution is -2.63. The van der Waals surface area contributed by atoms with E-state index in [1.54, 1.807) is 6.92 Å². The van der Waals surface area contributed by atoms with Crippen LogP contribution in [-0.2, 0) is 16.1 Å². The highest BCUT2D eigenvalue weighted by atomic mass is 16.3. The van der Waals surface area contributed by atoms with Gasteiger partial charge in [0.05, 0.1) is 6.61 Å². The van der Waals surface area contributed by atoms with Gasteiger partial charge in [-0.25, -0.2) is 0 Å². The summed E-state index contributed by atoms with van der Waals surface area (Å²) in [6.07, 6.45) is 0. The Labute approximate surface area is 105 Å². The molecule has 0 unspecified atom stereocenters. The van der Waals surface area contributed by atoms with E-state index in [0.29, 0.717) is 6.54 Å². The van der Waals surface area contributed by atoms with Crippen molar-refractivity contribution in [3.63, 3.8) is 0 Å². The summed E-state index contributed by atoms with van der Waals surface area (Å²) in [7, 11) is 0. The van der Waals surface area contributed by atoms with Gasteiger partial charge in [0.1, 0.15) is 12.1 Å². The molecule has 1 fully saturated rings. The molecule has 1 aliphatic heterocycles. The summed E-state index contributed by atoms with van der Waals surface area (Å²) in [5, 5.41) is 11.8. The zero-order valence-electron chi connectivity index (χ0n) is 10.2. The van der Waals surface area contributed by atoms with E-state index in [2.05, 4.69) is 5.32 Å². The van der Waals surface area contributed by atoms with Gasteiger partial charge in [0, 0.05) is 6.54 Å². The SMILES string of the molecule is C[C@@H]1NC(=O)[C@@H](CO)N(Cc2ccccc2)C1=O. The van der Waals surface area contributed by atoms with E-state index in [-0.39, 0.29) is 18.4 Å². The third-order valence-electron chi connectivity index (χ3n) is 3.06. The van der Waals surface area contributed by atoms with E-state index in [1.165, 1.54) is 4.90 Å². The summed E-state index contributed by atoms with van der Waals surface area (Å²) in [5.41, 5.74) is 0.936. The summed E-state index contributed by atoms with van der Waals surface area (Å²) in [4.78, 5) is 25.2. The van der Waals surface area contributed by atoms with Gasteiger partial charge in [0.2, 0.25) is 11.8 Å². The average Bonchev–Trinajstić information content (AvgIpc) is 2.37. The summed E-state index contributed by atoms with van der Waals surface area (Å²) in [5.74, 6) is -0.474. The number of aliphatic hydroxyl groups excluding tert-OH is 1. The molecule has 0 aliphatic carbocycles. The van der Waals surface area contributed by atoms with Gasteiger partial charge in [-0.1, -0.05) is 30.3 Å². The van der Waals surface area contributed by atoms with Crippen molar-refractivity contribution in [2.24, 2.45) is 0 Å². The molecule has 0 radical (unpaired) electrons. The van der Waals surface area contributed by atoms with Crippen LogP contribution in [0, 0.1) is 0 Å². The zero-order chi connectivity index (χ0) is 13.1. The van der Waals surface area contributed by atoms with Crippen LogP contribution in [0.1, 0.15) is 12.5 Å².